The highest BCUT2D eigenvalue weighted by atomic mass is 32.2. The topological polar surface area (TPSA) is 12.4 Å². The highest BCUT2D eigenvalue weighted by Crippen LogP contribution is 1.81. The van der Waals surface area contributed by atoms with E-state index in [1.165, 1.54) is 6.20 Å². The highest BCUT2D eigenvalue weighted by Gasteiger charge is 1.55. The number of hydrogen-bond acceptors (Lipinski definition) is 2. The predicted molar refractivity (Wildman–Crippen MR) is 54.8 cm³/mol. The molecule has 0 radical (unpaired) electrons. The summed E-state index contributed by atoms with van der Waals surface area (Å²) in [7, 11) is 0. The van der Waals surface area contributed by atoms with E-state index in [9.17, 15) is 0 Å². The molecular formula is C8H17NS. The van der Waals surface area contributed by atoms with Crippen LogP contribution in [0.15, 0.2) is 30.9 Å². The largest absolute Gasteiger partial charge is 0.259 e. The SMILES string of the molecule is C=C.C=CN=CSC.CC. The molecular weight excluding hydrogens is 142 g/mol. The molecule has 0 aromatic carbocycles. The molecule has 0 aliphatic carbocycles. The molecule has 0 bridgehead atoms. The molecule has 0 amide bonds. The molecule has 0 atom stereocenters. The molecule has 0 fully saturated rings. The number of thioether (sulfide) groups is 1. The second-order valence-corrected chi connectivity index (χ2v) is 1.35. The number of nitrogens with zero attached hydrogens (tertiary/aromatic N) is 1. The molecule has 60 valence electrons. The van der Waals surface area contributed by atoms with E-state index < -0.39 is 0 Å². The van der Waals surface area contributed by atoms with Crippen LogP contribution in [0, 0.1) is 0 Å². The van der Waals surface area contributed by atoms with E-state index in [-0.39, 0.29) is 0 Å². The second-order valence-electron chi connectivity index (χ2n) is 0.673. The molecule has 0 spiro atoms. The van der Waals surface area contributed by atoms with Gasteiger partial charge in [-0.2, -0.15) is 0 Å². The average Bonchev–Trinajstić information content (AvgIpc) is 2.08. The Hall–Kier alpha value is -0.500. The maximum absolute atomic E-state index is 3.69. The molecule has 0 aliphatic rings. The Morgan fingerprint density at radius 1 is 1.30 bits per heavy atom. The van der Waals surface area contributed by atoms with Crippen molar-refractivity contribution in [3.05, 3.63) is 25.9 Å². The molecule has 0 aromatic rings. The normalized spacial score (nSPS) is 6.70. The van der Waals surface area contributed by atoms with Crippen LogP contribution in [0.1, 0.15) is 13.8 Å². The molecule has 10 heavy (non-hydrogen) atoms. The van der Waals surface area contributed by atoms with Crippen molar-refractivity contribution < 1.29 is 0 Å². The van der Waals surface area contributed by atoms with Crippen LogP contribution in [0.2, 0.25) is 0 Å². The van der Waals surface area contributed by atoms with Crippen molar-refractivity contribution in [2.75, 3.05) is 6.26 Å². The van der Waals surface area contributed by atoms with Crippen LogP contribution < -0.4 is 0 Å². The summed E-state index contributed by atoms with van der Waals surface area (Å²) in [5.74, 6) is 0. The molecule has 0 unspecified atom stereocenters. The van der Waals surface area contributed by atoms with E-state index in [4.69, 9.17) is 0 Å². The van der Waals surface area contributed by atoms with Gasteiger partial charge in [0.2, 0.25) is 0 Å². The molecule has 0 saturated heterocycles. The monoisotopic (exact) mass is 159 g/mol. The fourth-order valence-corrected chi connectivity index (χ4v) is 0.312. The van der Waals surface area contributed by atoms with E-state index in [1.54, 1.807) is 17.3 Å². The Bertz CT molecular complexity index is 69.7. The second kappa shape index (κ2) is 39.0. The van der Waals surface area contributed by atoms with Crippen molar-refractivity contribution in [1.29, 1.82) is 0 Å². The third kappa shape index (κ3) is 50.7. The van der Waals surface area contributed by atoms with Crippen molar-refractivity contribution in [2.45, 2.75) is 13.8 Å². The van der Waals surface area contributed by atoms with E-state index in [2.05, 4.69) is 24.7 Å². The maximum atomic E-state index is 3.69. The van der Waals surface area contributed by atoms with Crippen LogP contribution in [0.3, 0.4) is 0 Å². The molecule has 0 saturated carbocycles. The van der Waals surface area contributed by atoms with Crippen molar-refractivity contribution in [3.8, 4) is 0 Å². The Morgan fingerprint density at radius 3 is 1.80 bits per heavy atom. The molecule has 0 N–H and O–H groups in total. The summed E-state index contributed by atoms with van der Waals surface area (Å²) in [4.78, 5) is 3.69. The molecule has 0 rings (SSSR count). The van der Waals surface area contributed by atoms with Gasteiger partial charge in [0.15, 0.2) is 0 Å². The fourth-order valence-electron chi connectivity index (χ4n) is 0.104. The number of rotatable bonds is 2. The Morgan fingerprint density at radius 2 is 1.70 bits per heavy atom. The lowest BCUT2D eigenvalue weighted by Gasteiger charge is -1.68. The average molecular weight is 159 g/mol. The fraction of sp³-hybridized carbons (Fsp3) is 0.375. The van der Waals surface area contributed by atoms with Gasteiger partial charge in [-0.05, 0) is 6.26 Å². The van der Waals surface area contributed by atoms with Crippen molar-refractivity contribution in [3.63, 3.8) is 0 Å². The molecule has 0 heterocycles. The first-order valence-corrected chi connectivity index (χ1v) is 4.36. The van der Waals surface area contributed by atoms with Gasteiger partial charge in [0.05, 0.1) is 5.55 Å². The predicted octanol–water partition coefficient (Wildman–Crippen LogP) is 3.35. The van der Waals surface area contributed by atoms with E-state index in [0.717, 1.165) is 0 Å². The van der Waals surface area contributed by atoms with E-state index in [0.29, 0.717) is 0 Å². The van der Waals surface area contributed by atoms with Gasteiger partial charge in [0.1, 0.15) is 0 Å². The minimum Gasteiger partial charge on any atom is -0.259 e. The maximum Gasteiger partial charge on any atom is 0.0593 e. The first-order valence-electron chi connectivity index (χ1n) is 3.07. The summed E-state index contributed by atoms with van der Waals surface area (Å²) < 4.78 is 0. The first-order chi connectivity index (χ1) is 4.91. The quantitative estimate of drug-likeness (QED) is 0.342. The third-order valence-corrected chi connectivity index (χ3v) is 0.604. The molecule has 0 aliphatic heterocycles. The van der Waals surface area contributed by atoms with Crippen molar-refractivity contribution in [2.24, 2.45) is 4.99 Å². The summed E-state index contributed by atoms with van der Waals surface area (Å²) in [5, 5.41) is 0. The van der Waals surface area contributed by atoms with Crippen LogP contribution >= 0.6 is 11.8 Å². The van der Waals surface area contributed by atoms with Gasteiger partial charge in [-0.25, -0.2) is 0 Å². The lowest BCUT2D eigenvalue weighted by molar-refractivity contribution is 1.50. The van der Waals surface area contributed by atoms with Gasteiger partial charge >= 0.3 is 0 Å². The zero-order chi connectivity index (χ0) is 8.83. The van der Waals surface area contributed by atoms with Crippen molar-refractivity contribution in [1.82, 2.24) is 0 Å². The van der Waals surface area contributed by atoms with Gasteiger partial charge in [-0.15, -0.1) is 24.9 Å². The van der Waals surface area contributed by atoms with Crippen LogP contribution in [-0.2, 0) is 0 Å². The lowest BCUT2D eigenvalue weighted by Crippen LogP contribution is -1.51. The van der Waals surface area contributed by atoms with Gasteiger partial charge < -0.3 is 0 Å². The minimum absolute atomic E-state index is 1.51. The van der Waals surface area contributed by atoms with Gasteiger partial charge in [-0.3, -0.25) is 4.99 Å². The standard InChI is InChI=1S/C4H7NS.C2H6.C2H4/c1-3-5-4-6-2;2*1-2/h3-4H,1H2,2H3;1-2H3;1-2H2. The van der Waals surface area contributed by atoms with Crippen LogP contribution in [0.4, 0.5) is 0 Å². The van der Waals surface area contributed by atoms with Gasteiger partial charge in [0, 0.05) is 6.20 Å². The van der Waals surface area contributed by atoms with Crippen molar-refractivity contribution >= 4 is 17.3 Å². The van der Waals surface area contributed by atoms with Crippen LogP contribution in [-0.4, -0.2) is 11.8 Å². The van der Waals surface area contributed by atoms with E-state index >= 15 is 0 Å². The van der Waals surface area contributed by atoms with Crippen LogP contribution in [0.5, 0.6) is 0 Å². The first kappa shape index (κ1) is 16.2. The van der Waals surface area contributed by atoms with Gasteiger partial charge in [-0.1, -0.05) is 20.4 Å². The molecule has 0 aromatic heterocycles. The smallest absolute Gasteiger partial charge is 0.0593 e. The zero-order valence-electron chi connectivity index (χ0n) is 7.13. The van der Waals surface area contributed by atoms with Gasteiger partial charge in [0.25, 0.3) is 0 Å². The Labute approximate surface area is 68.9 Å². The summed E-state index contributed by atoms with van der Waals surface area (Å²) in [5.41, 5.74) is 1.73. The summed E-state index contributed by atoms with van der Waals surface area (Å²) in [6.45, 7) is 13.4. The van der Waals surface area contributed by atoms with Crippen LogP contribution in [0.25, 0.3) is 0 Å². The Kier molecular flexibility index (Phi) is 63.4. The third-order valence-electron chi connectivity index (χ3n) is 0.272. The Balaban J connectivity index is -0.000000105. The number of aliphatic imine (C=N–C) groups is 1. The molecule has 2 heteroatoms. The lowest BCUT2D eigenvalue weighted by atomic mass is 11.0. The zero-order valence-corrected chi connectivity index (χ0v) is 7.95. The molecule has 1 nitrogen and oxygen atoms in total. The van der Waals surface area contributed by atoms with E-state index in [1.807, 2.05) is 20.1 Å². The summed E-state index contributed by atoms with van der Waals surface area (Å²) in [6, 6.07) is 0. The summed E-state index contributed by atoms with van der Waals surface area (Å²) in [6.07, 6.45) is 3.46. The minimum atomic E-state index is 1.51. The number of hydrogen-bond donors (Lipinski definition) is 0. The summed E-state index contributed by atoms with van der Waals surface area (Å²) >= 11 is 1.56. The highest BCUT2D eigenvalue weighted by molar-refractivity contribution is 8.11.